The second-order valence-corrected chi connectivity index (χ2v) is 4.24. The van der Waals surface area contributed by atoms with Gasteiger partial charge in [0.25, 0.3) is 0 Å². The summed E-state index contributed by atoms with van der Waals surface area (Å²) in [4.78, 5) is 11.6. The Bertz CT molecular complexity index is 406. The molecule has 0 aliphatic carbocycles. The Balaban J connectivity index is 2.03. The normalized spacial score (nSPS) is 23.6. The molecule has 1 heterocycles. The number of aryl methyl sites for hydroxylation is 1. The van der Waals surface area contributed by atoms with Crippen molar-refractivity contribution in [3.8, 4) is 0 Å². The number of nitrogens with one attached hydrogen (secondary N) is 2. The average molecular weight is 234 g/mol. The Morgan fingerprint density at radius 1 is 1.41 bits per heavy atom. The maximum Gasteiger partial charge on any atom is 0.324 e. The van der Waals surface area contributed by atoms with Gasteiger partial charge in [-0.3, -0.25) is 4.79 Å². The van der Waals surface area contributed by atoms with E-state index in [9.17, 15) is 4.79 Å². The molecule has 0 amide bonds. The van der Waals surface area contributed by atoms with E-state index < -0.39 is 0 Å². The molecule has 4 nitrogen and oxygen atoms in total. The summed E-state index contributed by atoms with van der Waals surface area (Å²) in [6.45, 7) is 4.32. The van der Waals surface area contributed by atoms with Gasteiger partial charge in [-0.2, -0.15) is 0 Å². The summed E-state index contributed by atoms with van der Waals surface area (Å²) in [6.07, 6.45) is 0.726. The van der Waals surface area contributed by atoms with E-state index in [0.717, 1.165) is 6.42 Å². The van der Waals surface area contributed by atoms with E-state index in [1.807, 2.05) is 19.1 Å². The van der Waals surface area contributed by atoms with E-state index >= 15 is 0 Å². The van der Waals surface area contributed by atoms with Crippen LogP contribution in [-0.2, 0) is 9.53 Å². The number of rotatable bonds is 3. The molecule has 0 aromatic heterocycles. The topological polar surface area (TPSA) is 50.4 Å². The number of hydrogen-bond donors (Lipinski definition) is 2. The van der Waals surface area contributed by atoms with Gasteiger partial charge in [0, 0.05) is 6.04 Å². The van der Waals surface area contributed by atoms with Crippen LogP contribution in [0.25, 0.3) is 0 Å². The van der Waals surface area contributed by atoms with Crippen LogP contribution < -0.4 is 10.9 Å². The highest BCUT2D eigenvalue weighted by Gasteiger charge is 2.31. The summed E-state index contributed by atoms with van der Waals surface area (Å²) >= 11 is 0. The maximum absolute atomic E-state index is 11.6. The first-order valence-electron chi connectivity index (χ1n) is 5.95. The van der Waals surface area contributed by atoms with Gasteiger partial charge >= 0.3 is 5.97 Å². The SMILES string of the molecule is CCOC(=O)C1CC(c2ccccc2C)NN1. The summed E-state index contributed by atoms with van der Waals surface area (Å²) in [7, 11) is 0. The predicted octanol–water partition coefficient (Wildman–Crippen LogP) is 1.47. The molecule has 1 aliphatic rings. The van der Waals surface area contributed by atoms with Crippen molar-refractivity contribution in [3.63, 3.8) is 0 Å². The van der Waals surface area contributed by atoms with Gasteiger partial charge in [0.2, 0.25) is 0 Å². The largest absolute Gasteiger partial charge is 0.465 e. The Labute approximate surface area is 101 Å². The van der Waals surface area contributed by atoms with Crippen LogP contribution >= 0.6 is 0 Å². The Morgan fingerprint density at radius 3 is 2.88 bits per heavy atom. The fraction of sp³-hybridized carbons (Fsp3) is 0.462. The van der Waals surface area contributed by atoms with Gasteiger partial charge in [0.05, 0.1) is 6.61 Å². The van der Waals surface area contributed by atoms with Crippen molar-refractivity contribution in [3.05, 3.63) is 35.4 Å². The summed E-state index contributed by atoms with van der Waals surface area (Å²) in [5.41, 5.74) is 8.61. The number of hydrazine groups is 1. The van der Waals surface area contributed by atoms with E-state index in [2.05, 4.69) is 29.9 Å². The fourth-order valence-electron chi connectivity index (χ4n) is 2.14. The Hall–Kier alpha value is -1.39. The second kappa shape index (κ2) is 5.29. The smallest absolute Gasteiger partial charge is 0.324 e. The molecule has 0 bridgehead atoms. The Morgan fingerprint density at radius 2 is 2.18 bits per heavy atom. The fourth-order valence-corrected chi connectivity index (χ4v) is 2.14. The third-order valence-corrected chi connectivity index (χ3v) is 3.04. The van der Waals surface area contributed by atoms with E-state index in [-0.39, 0.29) is 18.1 Å². The zero-order chi connectivity index (χ0) is 12.3. The van der Waals surface area contributed by atoms with Crippen molar-refractivity contribution in [1.82, 2.24) is 10.9 Å². The molecule has 1 aromatic carbocycles. The number of benzene rings is 1. The van der Waals surface area contributed by atoms with Crippen LogP contribution in [0.1, 0.15) is 30.5 Å². The predicted molar refractivity (Wildman–Crippen MR) is 65.2 cm³/mol. The average Bonchev–Trinajstić information content (AvgIpc) is 2.79. The van der Waals surface area contributed by atoms with Crippen molar-refractivity contribution in [2.45, 2.75) is 32.4 Å². The van der Waals surface area contributed by atoms with Crippen LogP contribution in [-0.4, -0.2) is 18.6 Å². The molecule has 0 spiro atoms. The first kappa shape index (κ1) is 12.1. The molecule has 92 valence electrons. The van der Waals surface area contributed by atoms with Gasteiger partial charge in [-0.15, -0.1) is 0 Å². The number of carbonyl (C=O) groups is 1. The molecule has 0 radical (unpaired) electrons. The zero-order valence-corrected chi connectivity index (χ0v) is 10.2. The highest BCUT2D eigenvalue weighted by molar-refractivity contribution is 5.76. The number of carbonyl (C=O) groups excluding carboxylic acids is 1. The molecule has 2 rings (SSSR count). The van der Waals surface area contributed by atoms with Crippen LogP contribution in [0.4, 0.5) is 0 Å². The molecular formula is C13H18N2O2. The van der Waals surface area contributed by atoms with Crippen LogP contribution in [0.5, 0.6) is 0 Å². The van der Waals surface area contributed by atoms with Gasteiger partial charge in [-0.1, -0.05) is 24.3 Å². The quantitative estimate of drug-likeness (QED) is 0.778. The van der Waals surface area contributed by atoms with Gasteiger partial charge in [-0.25, -0.2) is 10.9 Å². The minimum Gasteiger partial charge on any atom is -0.465 e. The molecule has 0 saturated carbocycles. The first-order chi connectivity index (χ1) is 8.22. The maximum atomic E-state index is 11.6. The lowest BCUT2D eigenvalue weighted by atomic mass is 9.98. The minimum atomic E-state index is -0.250. The lowest BCUT2D eigenvalue weighted by Crippen LogP contribution is -2.37. The summed E-state index contributed by atoms with van der Waals surface area (Å²) in [5, 5.41) is 0. The van der Waals surface area contributed by atoms with E-state index in [1.54, 1.807) is 0 Å². The molecule has 1 aromatic rings. The van der Waals surface area contributed by atoms with Crippen molar-refractivity contribution in [2.75, 3.05) is 6.61 Å². The molecular weight excluding hydrogens is 216 g/mol. The number of esters is 1. The van der Waals surface area contributed by atoms with Crippen LogP contribution in [0.2, 0.25) is 0 Å². The zero-order valence-electron chi connectivity index (χ0n) is 10.2. The molecule has 17 heavy (non-hydrogen) atoms. The van der Waals surface area contributed by atoms with Crippen LogP contribution in [0.15, 0.2) is 24.3 Å². The molecule has 1 fully saturated rings. The molecule has 1 aliphatic heterocycles. The minimum absolute atomic E-state index is 0.172. The van der Waals surface area contributed by atoms with Crippen molar-refractivity contribution in [2.24, 2.45) is 0 Å². The van der Waals surface area contributed by atoms with E-state index in [4.69, 9.17) is 4.74 Å². The highest BCUT2D eigenvalue weighted by atomic mass is 16.5. The third-order valence-electron chi connectivity index (χ3n) is 3.04. The monoisotopic (exact) mass is 234 g/mol. The second-order valence-electron chi connectivity index (χ2n) is 4.24. The van der Waals surface area contributed by atoms with Gasteiger partial charge in [-0.05, 0) is 31.4 Å². The number of ether oxygens (including phenoxy) is 1. The van der Waals surface area contributed by atoms with Crippen molar-refractivity contribution >= 4 is 5.97 Å². The lowest BCUT2D eigenvalue weighted by Gasteiger charge is -2.12. The molecule has 2 unspecified atom stereocenters. The van der Waals surface area contributed by atoms with Crippen LogP contribution in [0, 0.1) is 6.92 Å². The van der Waals surface area contributed by atoms with Gasteiger partial charge < -0.3 is 4.74 Å². The molecule has 2 N–H and O–H groups in total. The van der Waals surface area contributed by atoms with E-state index in [0.29, 0.717) is 6.61 Å². The standard InChI is InChI=1S/C13H18N2O2/c1-3-17-13(16)12-8-11(14-15-12)10-7-5-4-6-9(10)2/h4-7,11-12,14-15H,3,8H2,1-2H3. The van der Waals surface area contributed by atoms with Crippen molar-refractivity contribution < 1.29 is 9.53 Å². The molecule has 1 saturated heterocycles. The molecule has 4 heteroatoms. The molecule has 2 atom stereocenters. The first-order valence-corrected chi connectivity index (χ1v) is 5.95. The van der Waals surface area contributed by atoms with Crippen LogP contribution in [0.3, 0.4) is 0 Å². The van der Waals surface area contributed by atoms with E-state index in [1.165, 1.54) is 11.1 Å². The van der Waals surface area contributed by atoms with Crippen molar-refractivity contribution in [1.29, 1.82) is 0 Å². The summed E-state index contributed by atoms with van der Waals surface area (Å²) < 4.78 is 5.00. The third kappa shape index (κ3) is 2.65. The summed E-state index contributed by atoms with van der Waals surface area (Å²) in [6, 6.07) is 8.12. The highest BCUT2D eigenvalue weighted by Crippen LogP contribution is 2.25. The Kier molecular flexibility index (Phi) is 3.76. The lowest BCUT2D eigenvalue weighted by molar-refractivity contribution is -0.145. The van der Waals surface area contributed by atoms with Gasteiger partial charge in [0.1, 0.15) is 6.04 Å². The summed E-state index contributed by atoms with van der Waals surface area (Å²) in [5.74, 6) is -0.184. The number of hydrogen-bond acceptors (Lipinski definition) is 4. The van der Waals surface area contributed by atoms with Gasteiger partial charge in [0.15, 0.2) is 0 Å².